The fraction of sp³-hybridized carbons (Fsp3) is 0.222. The van der Waals surface area contributed by atoms with Crippen molar-refractivity contribution in [2.24, 2.45) is 0 Å². The van der Waals surface area contributed by atoms with Crippen LogP contribution in [0.4, 0.5) is 4.39 Å². The predicted octanol–water partition coefficient (Wildman–Crippen LogP) is 2.67. The Morgan fingerprint density at radius 3 is 2.48 bits per heavy atom. The maximum absolute atomic E-state index is 12.1. The number of rotatable bonds is 7. The highest BCUT2D eigenvalue weighted by Crippen LogP contribution is 2.08. The lowest BCUT2D eigenvalue weighted by atomic mass is 10.1. The summed E-state index contributed by atoms with van der Waals surface area (Å²) in [4.78, 5) is 23.6. The Kier molecular flexibility index (Phi) is 6.29. The molecular formula is C18H18FNO3. The van der Waals surface area contributed by atoms with Gasteiger partial charge >= 0.3 is 5.97 Å². The Labute approximate surface area is 134 Å². The fourth-order valence-corrected chi connectivity index (χ4v) is 2.04. The molecule has 0 spiro atoms. The van der Waals surface area contributed by atoms with Gasteiger partial charge in [-0.05, 0) is 23.3 Å². The molecule has 0 saturated heterocycles. The molecule has 1 N–H and O–H groups in total. The van der Waals surface area contributed by atoms with Crippen LogP contribution < -0.4 is 5.32 Å². The molecule has 23 heavy (non-hydrogen) atoms. The number of benzene rings is 2. The zero-order valence-corrected chi connectivity index (χ0v) is 12.6. The van der Waals surface area contributed by atoms with Crippen molar-refractivity contribution < 1.29 is 18.7 Å². The van der Waals surface area contributed by atoms with E-state index >= 15 is 0 Å². The van der Waals surface area contributed by atoms with Gasteiger partial charge in [0.2, 0.25) is 0 Å². The topological polar surface area (TPSA) is 55.4 Å². The van der Waals surface area contributed by atoms with Crippen molar-refractivity contribution in [3.63, 3.8) is 0 Å². The van der Waals surface area contributed by atoms with Crippen LogP contribution in [0.15, 0.2) is 54.6 Å². The van der Waals surface area contributed by atoms with E-state index in [2.05, 4.69) is 5.32 Å². The second-order valence-electron chi connectivity index (χ2n) is 4.97. The molecule has 0 heterocycles. The standard InChI is InChI=1S/C18H18FNO3/c19-9-10-20-18(22)16-8-4-7-15(11-16)12-17(21)23-13-14-5-2-1-3-6-14/h1-8,11H,9-10,12-13H2,(H,20,22). The molecule has 0 fully saturated rings. The SMILES string of the molecule is O=C(Cc1cccc(C(=O)NCCF)c1)OCc1ccccc1. The van der Waals surface area contributed by atoms with Gasteiger partial charge in [-0.25, -0.2) is 4.39 Å². The van der Waals surface area contributed by atoms with Gasteiger partial charge in [-0.3, -0.25) is 9.59 Å². The monoisotopic (exact) mass is 315 g/mol. The number of amides is 1. The summed E-state index contributed by atoms with van der Waals surface area (Å²) in [6.07, 6.45) is 0.0804. The second-order valence-corrected chi connectivity index (χ2v) is 4.97. The van der Waals surface area contributed by atoms with E-state index < -0.39 is 6.67 Å². The number of alkyl halides is 1. The summed E-state index contributed by atoms with van der Waals surface area (Å²) in [5, 5.41) is 2.45. The van der Waals surface area contributed by atoms with Crippen LogP contribution >= 0.6 is 0 Å². The van der Waals surface area contributed by atoms with Crippen LogP contribution in [-0.2, 0) is 22.6 Å². The number of halogens is 1. The normalized spacial score (nSPS) is 10.1. The van der Waals surface area contributed by atoms with Gasteiger partial charge in [0.15, 0.2) is 0 Å². The van der Waals surface area contributed by atoms with Crippen molar-refractivity contribution >= 4 is 11.9 Å². The highest BCUT2D eigenvalue weighted by atomic mass is 19.1. The van der Waals surface area contributed by atoms with E-state index in [0.29, 0.717) is 11.1 Å². The number of nitrogens with one attached hydrogen (secondary N) is 1. The fourth-order valence-electron chi connectivity index (χ4n) is 2.04. The van der Waals surface area contributed by atoms with Gasteiger partial charge < -0.3 is 10.1 Å². The van der Waals surface area contributed by atoms with E-state index in [9.17, 15) is 14.0 Å². The molecule has 0 aromatic heterocycles. The number of hydrogen-bond donors (Lipinski definition) is 1. The first-order valence-corrected chi connectivity index (χ1v) is 7.31. The molecule has 0 bridgehead atoms. The molecule has 4 nitrogen and oxygen atoms in total. The smallest absolute Gasteiger partial charge is 0.310 e. The third-order valence-electron chi connectivity index (χ3n) is 3.16. The summed E-state index contributed by atoms with van der Waals surface area (Å²) in [5.41, 5.74) is 1.99. The van der Waals surface area contributed by atoms with Crippen LogP contribution in [0.25, 0.3) is 0 Å². The second kappa shape index (κ2) is 8.68. The highest BCUT2D eigenvalue weighted by Gasteiger charge is 2.09. The van der Waals surface area contributed by atoms with Gasteiger partial charge in [0, 0.05) is 12.1 Å². The predicted molar refractivity (Wildman–Crippen MR) is 84.7 cm³/mol. The van der Waals surface area contributed by atoms with Crippen LogP contribution in [-0.4, -0.2) is 25.1 Å². The zero-order chi connectivity index (χ0) is 16.5. The summed E-state index contributed by atoms with van der Waals surface area (Å²) in [5.74, 6) is -0.725. The summed E-state index contributed by atoms with van der Waals surface area (Å²) >= 11 is 0. The van der Waals surface area contributed by atoms with Gasteiger partial charge in [0.05, 0.1) is 6.42 Å². The number of ether oxygens (including phenoxy) is 1. The molecule has 5 heteroatoms. The van der Waals surface area contributed by atoms with Crippen molar-refractivity contribution in [3.05, 3.63) is 71.3 Å². The van der Waals surface area contributed by atoms with Crippen molar-refractivity contribution in [2.75, 3.05) is 13.2 Å². The number of esters is 1. The van der Waals surface area contributed by atoms with Crippen LogP contribution in [0, 0.1) is 0 Å². The summed E-state index contributed by atoms with van der Waals surface area (Å²) < 4.78 is 17.3. The molecule has 0 atom stereocenters. The Morgan fingerprint density at radius 1 is 1.00 bits per heavy atom. The first kappa shape index (κ1) is 16.7. The molecule has 0 aliphatic heterocycles. The first-order valence-electron chi connectivity index (χ1n) is 7.31. The van der Waals surface area contributed by atoms with E-state index in [0.717, 1.165) is 5.56 Å². The van der Waals surface area contributed by atoms with Crippen LogP contribution in [0.3, 0.4) is 0 Å². The Bertz CT molecular complexity index is 658. The van der Waals surface area contributed by atoms with Gasteiger partial charge in [0.25, 0.3) is 5.91 Å². The lowest BCUT2D eigenvalue weighted by molar-refractivity contribution is -0.144. The first-order chi connectivity index (χ1) is 11.2. The molecule has 2 rings (SSSR count). The van der Waals surface area contributed by atoms with Gasteiger partial charge in [-0.1, -0.05) is 42.5 Å². The van der Waals surface area contributed by atoms with Crippen molar-refractivity contribution in [3.8, 4) is 0 Å². The van der Waals surface area contributed by atoms with Crippen LogP contribution in [0.5, 0.6) is 0 Å². The van der Waals surface area contributed by atoms with Gasteiger partial charge in [-0.15, -0.1) is 0 Å². The third-order valence-corrected chi connectivity index (χ3v) is 3.16. The van der Waals surface area contributed by atoms with Crippen LogP contribution in [0.1, 0.15) is 21.5 Å². The molecular weight excluding hydrogens is 297 g/mol. The molecule has 0 aliphatic carbocycles. The largest absolute Gasteiger partial charge is 0.461 e. The molecule has 1 amide bonds. The summed E-state index contributed by atoms with van der Waals surface area (Å²) in [7, 11) is 0. The quantitative estimate of drug-likeness (QED) is 0.799. The molecule has 0 aliphatic rings. The minimum absolute atomic E-state index is 0.0256. The lowest BCUT2D eigenvalue weighted by Gasteiger charge is -2.07. The van der Waals surface area contributed by atoms with E-state index in [1.165, 1.54) is 0 Å². The van der Waals surface area contributed by atoms with Crippen molar-refractivity contribution in [1.29, 1.82) is 0 Å². The average molecular weight is 315 g/mol. The van der Waals surface area contributed by atoms with Gasteiger partial charge in [0.1, 0.15) is 13.3 Å². The van der Waals surface area contributed by atoms with Crippen molar-refractivity contribution in [2.45, 2.75) is 13.0 Å². The Morgan fingerprint density at radius 2 is 1.74 bits per heavy atom. The number of carbonyl (C=O) groups is 2. The molecule has 2 aromatic rings. The summed E-state index contributed by atoms with van der Waals surface area (Å²) in [6.45, 7) is -0.421. The lowest BCUT2D eigenvalue weighted by Crippen LogP contribution is -2.25. The maximum atomic E-state index is 12.1. The minimum Gasteiger partial charge on any atom is -0.461 e. The third kappa shape index (κ3) is 5.54. The molecule has 0 unspecified atom stereocenters. The van der Waals surface area contributed by atoms with Gasteiger partial charge in [-0.2, -0.15) is 0 Å². The van der Waals surface area contributed by atoms with E-state index in [1.807, 2.05) is 30.3 Å². The van der Waals surface area contributed by atoms with Crippen molar-refractivity contribution in [1.82, 2.24) is 5.32 Å². The Balaban J connectivity index is 1.89. The van der Waals surface area contributed by atoms with E-state index in [-0.39, 0.29) is 31.4 Å². The number of hydrogen-bond acceptors (Lipinski definition) is 3. The molecule has 0 saturated carbocycles. The summed E-state index contributed by atoms with van der Waals surface area (Å²) in [6, 6.07) is 16.1. The van der Waals surface area contributed by atoms with Crippen LogP contribution in [0.2, 0.25) is 0 Å². The Hall–Kier alpha value is -2.69. The molecule has 0 radical (unpaired) electrons. The molecule has 120 valence electrons. The van der Waals surface area contributed by atoms with E-state index in [1.54, 1.807) is 24.3 Å². The van der Waals surface area contributed by atoms with E-state index in [4.69, 9.17) is 4.74 Å². The minimum atomic E-state index is -0.614. The highest BCUT2D eigenvalue weighted by molar-refractivity contribution is 5.94. The zero-order valence-electron chi connectivity index (χ0n) is 12.6. The molecule has 2 aromatic carbocycles. The number of carbonyl (C=O) groups excluding carboxylic acids is 2. The maximum Gasteiger partial charge on any atom is 0.310 e. The average Bonchev–Trinajstić information content (AvgIpc) is 2.59.